The van der Waals surface area contributed by atoms with Gasteiger partial charge in [-0.25, -0.2) is 0 Å². The van der Waals surface area contributed by atoms with Crippen LogP contribution in [0.15, 0.2) is 10.9 Å². The van der Waals surface area contributed by atoms with Gasteiger partial charge in [0.05, 0.1) is 10.2 Å². The van der Waals surface area contributed by atoms with E-state index in [0.717, 1.165) is 0 Å². The molecular formula is C8H17NSi. The molecule has 1 saturated heterocycles. The fourth-order valence-corrected chi connectivity index (χ4v) is 1.82. The maximum Gasteiger partial charge on any atom is 0.0589 e. The molecule has 0 bridgehead atoms. The quantitative estimate of drug-likeness (QED) is 0.504. The lowest BCUT2D eigenvalue weighted by molar-refractivity contribution is 0.449. The predicted octanol–water partition coefficient (Wildman–Crippen LogP) is 0.699. The third kappa shape index (κ3) is 1.63. The largest absolute Gasteiger partial charge is 0.379 e. The van der Waals surface area contributed by atoms with E-state index >= 15 is 0 Å². The van der Waals surface area contributed by atoms with Crippen molar-refractivity contribution in [3.63, 3.8) is 0 Å². The molecule has 0 aliphatic carbocycles. The Morgan fingerprint density at radius 1 is 1.20 bits per heavy atom. The summed E-state index contributed by atoms with van der Waals surface area (Å²) in [5.41, 5.74) is 1.52. The van der Waals surface area contributed by atoms with E-state index in [1.807, 2.05) is 0 Å². The molecule has 2 heteroatoms. The molecule has 1 heterocycles. The molecule has 0 unspecified atom stereocenters. The van der Waals surface area contributed by atoms with Crippen LogP contribution in [0.1, 0.15) is 26.7 Å². The van der Waals surface area contributed by atoms with Crippen LogP contribution in [0.4, 0.5) is 0 Å². The van der Waals surface area contributed by atoms with Gasteiger partial charge in [-0.05, 0) is 32.0 Å². The number of hydrogen-bond acceptors (Lipinski definition) is 1. The summed E-state index contributed by atoms with van der Waals surface area (Å²) in [6.07, 6.45) is 2.80. The van der Waals surface area contributed by atoms with Crippen molar-refractivity contribution < 1.29 is 0 Å². The van der Waals surface area contributed by atoms with Crippen molar-refractivity contribution in [1.29, 1.82) is 0 Å². The number of rotatable bonds is 1. The minimum Gasteiger partial charge on any atom is -0.379 e. The highest BCUT2D eigenvalue weighted by Crippen LogP contribution is 2.14. The Kier molecular flexibility index (Phi) is 2.54. The third-order valence-electron chi connectivity index (χ3n) is 2.30. The van der Waals surface area contributed by atoms with Crippen LogP contribution in [0.5, 0.6) is 0 Å². The van der Waals surface area contributed by atoms with Crippen LogP contribution in [-0.2, 0) is 0 Å². The smallest absolute Gasteiger partial charge is 0.0589 e. The Labute approximate surface area is 66.5 Å². The monoisotopic (exact) mass is 155 g/mol. The summed E-state index contributed by atoms with van der Waals surface area (Å²) in [5.74, 6) is 0. The standard InChI is InChI=1S/C8H17NSi/c1-7(2)8(10)9-5-3-4-6-9/h3-6H2,1-2,10H3. The fourth-order valence-electron chi connectivity index (χ4n) is 1.37. The SMILES string of the molecule is CC(C)=C([SiH3])N1CCCC1. The van der Waals surface area contributed by atoms with E-state index in [2.05, 4.69) is 18.7 Å². The molecule has 0 aromatic rings. The summed E-state index contributed by atoms with van der Waals surface area (Å²) < 4.78 is 0. The van der Waals surface area contributed by atoms with E-state index in [-0.39, 0.29) is 0 Å². The molecule has 58 valence electrons. The number of nitrogens with zero attached hydrogens (tertiary/aromatic N) is 1. The van der Waals surface area contributed by atoms with Crippen LogP contribution in [-0.4, -0.2) is 28.2 Å². The van der Waals surface area contributed by atoms with Crippen molar-refractivity contribution in [2.75, 3.05) is 13.1 Å². The van der Waals surface area contributed by atoms with Gasteiger partial charge >= 0.3 is 0 Å². The highest BCUT2D eigenvalue weighted by molar-refractivity contribution is 6.21. The van der Waals surface area contributed by atoms with Crippen molar-refractivity contribution in [2.45, 2.75) is 26.7 Å². The lowest BCUT2D eigenvalue weighted by Gasteiger charge is -2.19. The number of allylic oxidation sites excluding steroid dienone is 1. The first kappa shape index (κ1) is 7.86. The molecule has 0 amide bonds. The van der Waals surface area contributed by atoms with Gasteiger partial charge in [-0.2, -0.15) is 0 Å². The lowest BCUT2D eigenvalue weighted by Crippen LogP contribution is -2.19. The molecule has 1 fully saturated rings. The van der Waals surface area contributed by atoms with Crippen LogP contribution in [0.25, 0.3) is 0 Å². The molecule has 0 aromatic carbocycles. The second-order valence-electron chi connectivity index (χ2n) is 3.28. The Morgan fingerprint density at radius 2 is 1.70 bits per heavy atom. The van der Waals surface area contributed by atoms with Gasteiger partial charge in [-0.3, -0.25) is 0 Å². The molecular weight excluding hydrogens is 138 g/mol. The zero-order valence-electron chi connectivity index (χ0n) is 7.28. The van der Waals surface area contributed by atoms with E-state index in [9.17, 15) is 0 Å². The second-order valence-corrected chi connectivity index (χ2v) is 4.23. The minimum atomic E-state index is 1.22. The first-order valence-corrected chi connectivity index (χ1v) is 5.11. The third-order valence-corrected chi connectivity index (χ3v) is 3.94. The molecule has 0 spiro atoms. The first-order valence-electron chi connectivity index (χ1n) is 4.11. The van der Waals surface area contributed by atoms with E-state index < -0.39 is 0 Å². The fraction of sp³-hybridized carbons (Fsp3) is 0.750. The predicted molar refractivity (Wildman–Crippen MR) is 49.1 cm³/mol. The van der Waals surface area contributed by atoms with Crippen molar-refractivity contribution in [3.05, 3.63) is 10.9 Å². The van der Waals surface area contributed by atoms with E-state index in [4.69, 9.17) is 0 Å². The highest BCUT2D eigenvalue weighted by Gasteiger charge is 2.11. The van der Waals surface area contributed by atoms with Gasteiger partial charge < -0.3 is 4.90 Å². The van der Waals surface area contributed by atoms with E-state index in [1.165, 1.54) is 41.7 Å². The van der Waals surface area contributed by atoms with Gasteiger partial charge in [-0.15, -0.1) is 0 Å². The van der Waals surface area contributed by atoms with Crippen LogP contribution in [0, 0.1) is 0 Å². The van der Waals surface area contributed by atoms with Crippen LogP contribution >= 0.6 is 0 Å². The summed E-state index contributed by atoms with van der Waals surface area (Å²) in [7, 11) is 1.22. The first-order chi connectivity index (χ1) is 4.72. The molecule has 0 atom stereocenters. The lowest BCUT2D eigenvalue weighted by atomic mass is 10.4. The zero-order chi connectivity index (χ0) is 7.56. The molecule has 0 aromatic heterocycles. The number of hydrogen-bond donors (Lipinski definition) is 0. The molecule has 1 rings (SSSR count). The van der Waals surface area contributed by atoms with Crippen molar-refractivity contribution >= 4 is 10.2 Å². The molecule has 10 heavy (non-hydrogen) atoms. The molecule has 0 N–H and O–H groups in total. The van der Waals surface area contributed by atoms with Gasteiger partial charge in [0.15, 0.2) is 0 Å². The van der Waals surface area contributed by atoms with Crippen molar-refractivity contribution in [3.8, 4) is 0 Å². The second kappa shape index (κ2) is 3.24. The normalized spacial score (nSPS) is 18.0. The molecule has 1 aliphatic heterocycles. The Morgan fingerprint density at radius 3 is 2.10 bits per heavy atom. The summed E-state index contributed by atoms with van der Waals surface area (Å²) in [4.78, 5) is 2.54. The average Bonchev–Trinajstić information content (AvgIpc) is 2.36. The van der Waals surface area contributed by atoms with E-state index in [0.29, 0.717) is 0 Å². The maximum absolute atomic E-state index is 2.54. The topological polar surface area (TPSA) is 3.24 Å². The van der Waals surface area contributed by atoms with Gasteiger partial charge in [0.2, 0.25) is 0 Å². The highest BCUT2D eigenvalue weighted by atomic mass is 28.1. The van der Waals surface area contributed by atoms with Crippen molar-refractivity contribution in [1.82, 2.24) is 4.90 Å². The Balaban J connectivity index is 2.56. The molecule has 0 radical (unpaired) electrons. The Bertz CT molecular complexity index is 141. The summed E-state index contributed by atoms with van der Waals surface area (Å²) in [6.45, 7) is 7.06. The summed E-state index contributed by atoms with van der Waals surface area (Å²) in [6, 6.07) is 0. The number of likely N-dealkylation sites (tertiary alicyclic amines) is 1. The average molecular weight is 155 g/mol. The van der Waals surface area contributed by atoms with Crippen LogP contribution in [0.2, 0.25) is 0 Å². The summed E-state index contributed by atoms with van der Waals surface area (Å²) in [5, 5.41) is 1.62. The molecule has 0 saturated carbocycles. The van der Waals surface area contributed by atoms with Crippen molar-refractivity contribution in [2.24, 2.45) is 0 Å². The molecule has 1 aliphatic rings. The van der Waals surface area contributed by atoms with Gasteiger partial charge in [-0.1, -0.05) is 5.57 Å². The zero-order valence-corrected chi connectivity index (χ0v) is 9.28. The van der Waals surface area contributed by atoms with Crippen LogP contribution < -0.4 is 0 Å². The maximum atomic E-state index is 2.54. The van der Waals surface area contributed by atoms with E-state index in [1.54, 1.807) is 5.32 Å². The Hall–Kier alpha value is -0.243. The van der Waals surface area contributed by atoms with Gasteiger partial charge in [0.25, 0.3) is 0 Å². The van der Waals surface area contributed by atoms with Gasteiger partial charge in [0.1, 0.15) is 0 Å². The van der Waals surface area contributed by atoms with Crippen LogP contribution in [0.3, 0.4) is 0 Å². The minimum absolute atomic E-state index is 1.22. The van der Waals surface area contributed by atoms with Gasteiger partial charge in [0, 0.05) is 13.1 Å². The summed E-state index contributed by atoms with van der Waals surface area (Å²) >= 11 is 0. The molecule has 1 nitrogen and oxygen atoms in total.